The van der Waals surface area contributed by atoms with E-state index in [2.05, 4.69) is 23.3 Å². The molecule has 1 heterocycles. The Morgan fingerprint density at radius 3 is 2.95 bits per heavy atom. The van der Waals surface area contributed by atoms with Gasteiger partial charge in [-0.2, -0.15) is 0 Å². The average molecular weight is 276 g/mol. The van der Waals surface area contributed by atoms with E-state index in [0.29, 0.717) is 6.79 Å². The van der Waals surface area contributed by atoms with Crippen LogP contribution in [0.3, 0.4) is 0 Å². The summed E-state index contributed by atoms with van der Waals surface area (Å²) in [5.41, 5.74) is 1.18. The summed E-state index contributed by atoms with van der Waals surface area (Å²) in [4.78, 5) is 2.50. The quantitative estimate of drug-likeness (QED) is 0.809. The van der Waals surface area contributed by atoms with E-state index in [4.69, 9.17) is 9.47 Å². The second-order valence-electron chi connectivity index (χ2n) is 5.75. The summed E-state index contributed by atoms with van der Waals surface area (Å²) in [7, 11) is 2.24. The number of nitrogens with one attached hydrogen (secondary N) is 1. The Hall–Kier alpha value is -1.26. The molecule has 0 unspecified atom stereocenters. The van der Waals surface area contributed by atoms with Crippen LogP contribution in [0.4, 0.5) is 0 Å². The lowest BCUT2D eigenvalue weighted by atomic mass is 10.2. The molecule has 2 aliphatic rings. The molecule has 1 aliphatic heterocycles. The van der Waals surface area contributed by atoms with Crippen LogP contribution in [0.25, 0.3) is 0 Å². The molecule has 4 heteroatoms. The minimum atomic E-state index is 0.344. The summed E-state index contributed by atoms with van der Waals surface area (Å²) < 4.78 is 10.9. The largest absolute Gasteiger partial charge is 0.454 e. The van der Waals surface area contributed by atoms with Gasteiger partial charge in [0, 0.05) is 31.2 Å². The summed E-state index contributed by atoms with van der Waals surface area (Å²) >= 11 is 0. The van der Waals surface area contributed by atoms with Crippen molar-refractivity contribution in [2.24, 2.45) is 0 Å². The first-order valence-corrected chi connectivity index (χ1v) is 7.63. The van der Waals surface area contributed by atoms with Gasteiger partial charge in [0.05, 0.1) is 0 Å². The second-order valence-corrected chi connectivity index (χ2v) is 5.75. The number of para-hydroxylation sites is 1. The Labute approximate surface area is 121 Å². The molecule has 1 aromatic carbocycles. The van der Waals surface area contributed by atoms with Gasteiger partial charge in [-0.3, -0.25) is 0 Å². The molecule has 0 saturated heterocycles. The molecule has 4 nitrogen and oxygen atoms in total. The van der Waals surface area contributed by atoms with Crippen molar-refractivity contribution in [3.05, 3.63) is 23.8 Å². The van der Waals surface area contributed by atoms with Crippen LogP contribution in [-0.2, 0) is 6.54 Å². The van der Waals surface area contributed by atoms with Gasteiger partial charge < -0.3 is 19.7 Å². The number of hydrogen-bond donors (Lipinski definition) is 1. The van der Waals surface area contributed by atoms with Gasteiger partial charge in [-0.15, -0.1) is 0 Å². The maximum Gasteiger partial charge on any atom is 0.231 e. The van der Waals surface area contributed by atoms with Crippen LogP contribution < -0.4 is 14.8 Å². The van der Waals surface area contributed by atoms with Gasteiger partial charge in [-0.1, -0.05) is 25.0 Å². The molecule has 0 radical (unpaired) electrons. The zero-order valence-electron chi connectivity index (χ0n) is 12.2. The normalized spacial score (nSPS) is 18.1. The van der Waals surface area contributed by atoms with Crippen molar-refractivity contribution in [3.8, 4) is 11.5 Å². The van der Waals surface area contributed by atoms with Crippen LogP contribution >= 0.6 is 0 Å². The summed E-state index contributed by atoms with van der Waals surface area (Å²) in [5, 5.41) is 3.51. The molecule has 1 aromatic rings. The highest BCUT2D eigenvalue weighted by molar-refractivity contribution is 5.48. The molecule has 0 aromatic heterocycles. The zero-order valence-corrected chi connectivity index (χ0v) is 12.2. The van der Waals surface area contributed by atoms with Crippen molar-refractivity contribution >= 4 is 0 Å². The summed E-state index contributed by atoms with van der Waals surface area (Å²) in [6, 6.07) is 6.88. The molecule has 0 spiro atoms. The third-order valence-electron chi connectivity index (χ3n) is 4.38. The molecular weight excluding hydrogens is 252 g/mol. The van der Waals surface area contributed by atoms with E-state index >= 15 is 0 Å². The van der Waals surface area contributed by atoms with Crippen LogP contribution in [0.15, 0.2) is 18.2 Å². The van der Waals surface area contributed by atoms with E-state index in [1.165, 1.54) is 31.2 Å². The molecule has 20 heavy (non-hydrogen) atoms. The van der Waals surface area contributed by atoms with Gasteiger partial charge in [-0.05, 0) is 26.0 Å². The number of nitrogens with zero attached hydrogens (tertiary/aromatic N) is 1. The number of benzene rings is 1. The average Bonchev–Trinajstić information content (AvgIpc) is 3.13. The number of ether oxygens (including phenoxy) is 2. The maximum atomic E-state index is 5.52. The lowest BCUT2D eigenvalue weighted by Crippen LogP contribution is -2.35. The predicted octanol–water partition coefficient (Wildman–Crippen LogP) is 2.38. The fourth-order valence-electron chi connectivity index (χ4n) is 3.14. The zero-order chi connectivity index (χ0) is 13.8. The second kappa shape index (κ2) is 6.46. The predicted molar refractivity (Wildman–Crippen MR) is 79.2 cm³/mol. The van der Waals surface area contributed by atoms with Crippen molar-refractivity contribution in [1.82, 2.24) is 10.2 Å². The molecule has 1 aliphatic carbocycles. The van der Waals surface area contributed by atoms with Crippen LogP contribution in [0.2, 0.25) is 0 Å². The van der Waals surface area contributed by atoms with Crippen LogP contribution in [0.5, 0.6) is 11.5 Å². The minimum Gasteiger partial charge on any atom is -0.454 e. The summed E-state index contributed by atoms with van der Waals surface area (Å²) in [6.45, 7) is 3.30. The summed E-state index contributed by atoms with van der Waals surface area (Å²) in [6.07, 6.45) is 5.54. The van der Waals surface area contributed by atoms with Crippen LogP contribution in [-0.4, -0.2) is 37.9 Å². The van der Waals surface area contributed by atoms with Gasteiger partial charge in [0.15, 0.2) is 11.5 Å². The Morgan fingerprint density at radius 2 is 2.10 bits per heavy atom. The van der Waals surface area contributed by atoms with Gasteiger partial charge in [0.2, 0.25) is 6.79 Å². The number of fused-ring (bicyclic) bond motifs is 1. The monoisotopic (exact) mass is 276 g/mol. The molecule has 1 saturated carbocycles. The fourth-order valence-corrected chi connectivity index (χ4v) is 3.14. The number of hydrogen-bond acceptors (Lipinski definition) is 4. The van der Waals surface area contributed by atoms with Crippen molar-refractivity contribution in [3.63, 3.8) is 0 Å². The molecule has 1 fully saturated rings. The molecule has 0 amide bonds. The molecule has 110 valence electrons. The van der Waals surface area contributed by atoms with Crippen molar-refractivity contribution in [2.75, 3.05) is 26.9 Å². The SMILES string of the molecule is CN(CCNCc1cccc2c1OCO2)C1CCCC1. The Kier molecular flexibility index (Phi) is 4.43. The van der Waals surface area contributed by atoms with E-state index in [9.17, 15) is 0 Å². The highest BCUT2D eigenvalue weighted by atomic mass is 16.7. The van der Waals surface area contributed by atoms with E-state index in [1.807, 2.05) is 12.1 Å². The van der Waals surface area contributed by atoms with E-state index in [1.54, 1.807) is 0 Å². The highest BCUT2D eigenvalue weighted by Gasteiger charge is 2.19. The van der Waals surface area contributed by atoms with Crippen molar-refractivity contribution < 1.29 is 9.47 Å². The molecule has 0 bridgehead atoms. The molecule has 3 rings (SSSR count). The van der Waals surface area contributed by atoms with Gasteiger partial charge in [-0.25, -0.2) is 0 Å². The first-order chi connectivity index (χ1) is 9.84. The van der Waals surface area contributed by atoms with E-state index in [0.717, 1.165) is 37.2 Å². The first-order valence-electron chi connectivity index (χ1n) is 7.63. The fraction of sp³-hybridized carbons (Fsp3) is 0.625. The third-order valence-corrected chi connectivity index (χ3v) is 4.38. The van der Waals surface area contributed by atoms with Crippen molar-refractivity contribution in [1.29, 1.82) is 0 Å². The van der Waals surface area contributed by atoms with Gasteiger partial charge >= 0.3 is 0 Å². The lowest BCUT2D eigenvalue weighted by molar-refractivity contribution is 0.173. The third kappa shape index (κ3) is 3.07. The molecule has 1 N–H and O–H groups in total. The summed E-state index contributed by atoms with van der Waals surface area (Å²) in [5.74, 6) is 1.77. The van der Waals surface area contributed by atoms with Crippen molar-refractivity contribution in [2.45, 2.75) is 38.3 Å². The van der Waals surface area contributed by atoms with Gasteiger partial charge in [0.1, 0.15) is 0 Å². The Bertz CT molecular complexity index is 444. The topological polar surface area (TPSA) is 33.7 Å². The number of likely N-dealkylation sites (N-methyl/N-ethyl adjacent to an activating group) is 1. The lowest BCUT2D eigenvalue weighted by Gasteiger charge is -2.24. The maximum absolute atomic E-state index is 5.52. The molecular formula is C16H24N2O2. The van der Waals surface area contributed by atoms with Crippen LogP contribution in [0.1, 0.15) is 31.2 Å². The number of rotatable bonds is 6. The smallest absolute Gasteiger partial charge is 0.231 e. The van der Waals surface area contributed by atoms with Crippen LogP contribution in [0, 0.1) is 0 Å². The standard InChI is InChI=1S/C16H24N2O2/c1-18(14-6-2-3-7-14)10-9-17-11-13-5-4-8-15-16(13)20-12-19-15/h4-5,8,14,17H,2-3,6-7,9-12H2,1H3. The minimum absolute atomic E-state index is 0.344. The Balaban J connectivity index is 1.43. The first kappa shape index (κ1) is 13.7. The van der Waals surface area contributed by atoms with Gasteiger partial charge in [0.25, 0.3) is 0 Å². The molecule has 0 atom stereocenters. The highest BCUT2D eigenvalue weighted by Crippen LogP contribution is 2.35. The Morgan fingerprint density at radius 1 is 1.25 bits per heavy atom. The van der Waals surface area contributed by atoms with E-state index in [-0.39, 0.29) is 0 Å². The van der Waals surface area contributed by atoms with E-state index < -0.39 is 0 Å².